The summed E-state index contributed by atoms with van der Waals surface area (Å²) in [5.41, 5.74) is 0. The van der Waals surface area contributed by atoms with Crippen LogP contribution in [0.1, 0.15) is 149 Å². The van der Waals surface area contributed by atoms with Crippen LogP contribution >= 0.6 is 7.82 Å². The van der Waals surface area contributed by atoms with E-state index in [0.717, 1.165) is 109 Å². The molecule has 3 unspecified atom stereocenters. The average Bonchev–Trinajstić information content (AvgIpc) is 3.15. The first-order chi connectivity index (χ1) is 25.8. The normalized spacial score (nSPS) is 14.9. The maximum atomic E-state index is 12.6. The highest BCUT2D eigenvalue weighted by molar-refractivity contribution is 7.47. The van der Waals surface area contributed by atoms with Crippen molar-refractivity contribution in [2.24, 2.45) is 0 Å². The highest BCUT2D eigenvalue weighted by Gasteiger charge is 2.26. The molecule has 0 aromatic carbocycles. The first kappa shape index (κ1) is 50.9. The van der Waals surface area contributed by atoms with Crippen LogP contribution in [-0.4, -0.2) is 66.3 Å². The van der Waals surface area contributed by atoms with Crippen molar-refractivity contribution in [1.29, 1.82) is 0 Å². The van der Waals surface area contributed by atoms with E-state index in [-0.39, 0.29) is 13.0 Å². The number of phosphoric ester groups is 1. The van der Waals surface area contributed by atoms with Crippen LogP contribution in [0.25, 0.3) is 0 Å². The summed E-state index contributed by atoms with van der Waals surface area (Å²) in [6.07, 6.45) is 45.7. The van der Waals surface area contributed by atoms with Gasteiger partial charge in [0.15, 0.2) is 0 Å². The number of unbranched alkanes of at least 4 members (excludes halogenated alkanes) is 12. The number of hydrogen-bond donors (Lipinski definition) is 3. The predicted octanol–water partition coefficient (Wildman–Crippen LogP) is 11.0. The molecule has 0 saturated carbocycles. The fourth-order valence-electron chi connectivity index (χ4n) is 5.01. The summed E-state index contributed by atoms with van der Waals surface area (Å²) in [4.78, 5) is 22.5. The number of allylic oxidation sites excluding steroid dienone is 12. The molecule has 0 aromatic rings. The Kier molecular flexibility index (Phi) is 38.0. The molecule has 0 heterocycles. The van der Waals surface area contributed by atoms with Crippen molar-refractivity contribution >= 4 is 13.8 Å². The maximum Gasteiger partial charge on any atom is 0.472 e. The molecular weight excluding hydrogens is 691 g/mol. The monoisotopic (exact) mass is 767 g/mol. The van der Waals surface area contributed by atoms with Crippen LogP contribution in [0, 0.1) is 0 Å². The third kappa shape index (κ3) is 39.4. The van der Waals surface area contributed by atoms with Crippen LogP contribution in [0.4, 0.5) is 0 Å². The smallest absolute Gasteiger partial charge is 0.457 e. The maximum absolute atomic E-state index is 12.6. The van der Waals surface area contributed by atoms with Gasteiger partial charge in [-0.1, -0.05) is 138 Å². The topological polar surface area (TPSA) is 132 Å². The Labute approximate surface area is 322 Å². The lowest BCUT2D eigenvalue weighted by Gasteiger charge is -2.20. The van der Waals surface area contributed by atoms with Gasteiger partial charge >= 0.3 is 13.8 Å². The van der Waals surface area contributed by atoms with Gasteiger partial charge in [-0.05, 0) is 77.0 Å². The highest BCUT2D eigenvalue weighted by atomic mass is 31.2. The predicted molar refractivity (Wildman–Crippen MR) is 219 cm³/mol. The minimum atomic E-state index is -4.53. The molecule has 306 valence electrons. The number of esters is 1. The zero-order valence-corrected chi connectivity index (χ0v) is 34.1. The molecule has 0 radical (unpaired) electrons. The zero-order valence-electron chi connectivity index (χ0n) is 33.2. The van der Waals surface area contributed by atoms with E-state index >= 15 is 0 Å². The van der Waals surface area contributed by atoms with Gasteiger partial charge in [0, 0.05) is 13.0 Å². The number of aliphatic hydroxyl groups is 2. The fraction of sp³-hybridized carbons (Fsp3) is 0.698. The summed E-state index contributed by atoms with van der Waals surface area (Å²) in [6.45, 7) is 3.27. The Hall–Kier alpha value is -2.10. The highest BCUT2D eigenvalue weighted by Crippen LogP contribution is 2.43. The van der Waals surface area contributed by atoms with Crippen LogP contribution in [0.2, 0.25) is 0 Å². The molecule has 3 atom stereocenters. The van der Waals surface area contributed by atoms with Gasteiger partial charge in [0.2, 0.25) is 0 Å². The summed E-state index contributed by atoms with van der Waals surface area (Å²) in [5.74, 6) is -0.408. The van der Waals surface area contributed by atoms with Crippen molar-refractivity contribution in [2.75, 3.05) is 33.0 Å². The summed E-state index contributed by atoms with van der Waals surface area (Å²) in [6, 6.07) is 0. The number of phosphoric acid groups is 1. The molecule has 0 aromatic heterocycles. The number of aliphatic hydroxyl groups excluding tert-OH is 2. The Morgan fingerprint density at radius 1 is 0.604 bits per heavy atom. The molecule has 9 nitrogen and oxygen atoms in total. The summed E-state index contributed by atoms with van der Waals surface area (Å²) >= 11 is 0. The lowest BCUT2D eigenvalue weighted by atomic mass is 10.1. The minimum Gasteiger partial charge on any atom is -0.457 e. The summed E-state index contributed by atoms with van der Waals surface area (Å²) in [7, 11) is -4.53. The molecule has 3 N–H and O–H groups in total. The number of rotatable bonds is 38. The van der Waals surface area contributed by atoms with E-state index in [1.54, 1.807) is 0 Å². The van der Waals surface area contributed by atoms with Gasteiger partial charge in [-0.2, -0.15) is 0 Å². The van der Waals surface area contributed by atoms with E-state index in [2.05, 4.69) is 86.8 Å². The second-order valence-electron chi connectivity index (χ2n) is 13.3. The number of hydrogen-bond acceptors (Lipinski definition) is 8. The summed E-state index contributed by atoms with van der Waals surface area (Å²) in [5, 5.41) is 18.3. The Morgan fingerprint density at radius 2 is 1.08 bits per heavy atom. The summed E-state index contributed by atoms with van der Waals surface area (Å²) < 4.78 is 33.3. The molecule has 0 aliphatic carbocycles. The fourth-order valence-corrected chi connectivity index (χ4v) is 5.80. The molecule has 0 saturated heterocycles. The number of carbonyl (C=O) groups is 1. The van der Waals surface area contributed by atoms with Gasteiger partial charge in [0.05, 0.1) is 26.4 Å². The molecule has 53 heavy (non-hydrogen) atoms. The van der Waals surface area contributed by atoms with Gasteiger partial charge in [-0.25, -0.2) is 4.57 Å². The Balaban J connectivity index is 4.28. The van der Waals surface area contributed by atoms with E-state index in [0.29, 0.717) is 13.0 Å². The van der Waals surface area contributed by atoms with Crippen LogP contribution in [0.15, 0.2) is 72.9 Å². The molecule has 0 amide bonds. The van der Waals surface area contributed by atoms with Crippen molar-refractivity contribution in [1.82, 2.24) is 0 Å². The zero-order chi connectivity index (χ0) is 38.9. The standard InChI is InChI=1S/C43H75O9P/c1-3-5-7-9-11-13-15-17-19-20-21-22-24-26-28-30-32-34-36-49-39-42(40-51-53(47,48)50-38-41(45)37-44)52-43(46)35-33-31-29-27-25-23-18-16-14-12-10-8-6-4-2/h5,7,10-13,16-19,21-22,41-42,44-45H,3-4,6,8-9,14-15,20,23-40H2,1-2H3,(H,47,48)/b7-5-,12-10-,13-11-,18-16-,19-17-,22-21-. The van der Waals surface area contributed by atoms with Crippen LogP contribution in [0.3, 0.4) is 0 Å². The number of carbonyl (C=O) groups excluding carboxylic acids is 1. The lowest BCUT2D eigenvalue weighted by Crippen LogP contribution is -2.29. The molecule has 0 fully saturated rings. The SMILES string of the molecule is CC/C=C\C/C=C\C/C=C\C/C=C\CCCCCCCOCC(COP(=O)(O)OCC(O)CO)OC(=O)CCCCCCC/C=C\C/C=C\CCCC. The quantitative estimate of drug-likeness (QED) is 0.0243. The van der Waals surface area contributed by atoms with Gasteiger partial charge in [-0.15, -0.1) is 0 Å². The molecule has 0 aliphatic rings. The molecular formula is C43H75O9P. The van der Waals surface area contributed by atoms with Gasteiger partial charge in [-0.3, -0.25) is 13.8 Å². The molecule has 0 rings (SSSR count). The largest absolute Gasteiger partial charge is 0.472 e. The van der Waals surface area contributed by atoms with Crippen LogP contribution < -0.4 is 0 Å². The lowest BCUT2D eigenvalue weighted by molar-refractivity contribution is -0.154. The van der Waals surface area contributed by atoms with Crippen molar-refractivity contribution < 1.29 is 43.0 Å². The third-order valence-corrected chi connectivity index (χ3v) is 9.08. The first-order valence-corrected chi connectivity index (χ1v) is 21.9. The van der Waals surface area contributed by atoms with E-state index in [9.17, 15) is 19.4 Å². The van der Waals surface area contributed by atoms with E-state index < -0.39 is 45.8 Å². The molecule has 0 bridgehead atoms. The average molecular weight is 767 g/mol. The molecule has 10 heteroatoms. The van der Waals surface area contributed by atoms with Crippen molar-refractivity contribution in [3.8, 4) is 0 Å². The minimum absolute atomic E-state index is 0.0267. The third-order valence-electron chi connectivity index (χ3n) is 8.13. The first-order valence-electron chi connectivity index (χ1n) is 20.4. The molecule has 0 aliphatic heterocycles. The Morgan fingerprint density at radius 3 is 1.62 bits per heavy atom. The van der Waals surface area contributed by atoms with Gasteiger partial charge in [0.25, 0.3) is 0 Å². The van der Waals surface area contributed by atoms with Crippen molar-refractivity contribution in [2.45, 2.75) is 161 Å². The van der Waals surface area contributed by atoms with E-state index in [4.69, 9.17) is 23.6 Å². The van der Waals surface area contributed by atoms with Crippen LogP contribution in [-0.2, 0) is 27.9 Å². The van der Waals surface area contributed by atoms with Crippen LogP contribution in [0.5, 0.6) is 0 Å². The van der Waals surface area contributed by atoms with E-state index in [1.807, 2.05) is 0 Å². The second kappa shape index (κ2) is 39.6. The van der Waals surface area contributed by atoms with Crippen molar-refractivity contribution in [3.05, 3.63) is 72.9 Å². The van der Waals surface area contributed by atoms with Crippen molar-refractivity contribution in [3.63, 3.8) is 0 Å². The molecule has 0 spiro atoms. The van der Waals surface area contributed by atoms with Gasteiger partial charge in [0.1, 0.15) is 12.2 Å². The second-order valence-corrected chi connectivity index (χ2v) is 14.7. The van der Waals surface area contributed by atoms with E-state index in [1.165, 1.54) is 12.8 Å². The Bertz CT molecular complexity index is 1050. The van der Waals surface area contributed by atoms with Gasteiger partial charge < -0.3 is 24.6 Å². The number of ether oxygens (including phenoxy) is 2.